The number of alkyl halides is 3. The zero-order valence-corrected chi connectivity index (χ0v) is 20.1. The highest BCUT2D eigenvalue weighted by Gasteiger charge is 2.51. The molecule has 0 aliphatic carbocycles. The van der Waals surface area contributed by atoms with Gasteiger partial charge < -0.3 is 24.6 Å². The summed E-state index contributed by atoms with van der Waals surface area (Å²) in [5.41, 5.74) is 1.27. The third-order valence-corrected chi connectivity index (χ3v) is 6.96. The summed E-state index contributed by atoms with van der Waals surface area (Å²) in [6.45, 7) is 2.21. The van der Waals surface area contributed by atoms with Crippen molar-refractivity contribution in [2.24, 2.45) is 0 Å². The molecule has 32 heavy (non-hydrogen) atoms. The maximum atomic E-state index is 12.4. The largest absolute Gasteiger partial charge is 0.388 e. The van der Waals surface area contributed by atoms with Crippen LogP contribution in [-0.2, 0) is 19.0 Å². The molecule has 2 fully saturated rings. The molecule has 2 aliphatic heterocycles. The van der Waals surface area contributed by atoms with E-state index in [1.54, 1.807) is 0 Å². The van der Waals surface area contributed by atoms with Crippen LogP contribution in [0, 0.1) is 6.92 Å². The second-order valence-electron chi connectivity index (χ2n) is 7.64. The fraction of sp³-hybridized carbons (Fsp3) is 0.409. The van der Waals surface area contributed by atoms with E-state index < -0.39 is 45.8 Å². The molecule has 0 bridgehead atoms. The van der Waals surface area contributed by atoms with Crippen LogP contribution in [0.3, 0.4) is 0 Å². The molecule has 2 N–H and O–H groups in total. The van der Waals surface area contributed by atoms with E-state index in [4.69, 9.17) is 49.0 Å². The van der Waals surface area contributed by atoms with Crippen LogP contribution in [-0.4, -0.2) is 51.2 Å². The fourth-order valence-electron chi connectivity index (χ4n) is 3.61. The lowest BCUT2D eigenvalue weighted by Crippen LogP contribution is -2.66. The fourth-order valence-corrected chi connectivity index (χ4v) is 4.91. The molecule has 0 saturated carbocycles. The number of fused-ring (bicyclic) bond motifs is 1. The first-order chi connectivity index (χ1) is 15.2. The lowest BCUT2D eigenvalue weighted by Gasteiger charge is -2.48. The zero-order valence-electron chi connectivity index (χ0n) is 17.0. The molecule has 1 amide bonds. The maximum absolute atomic E-state index is 12.4. The number of rotatable bonds is 4. The summed E-state index contributed by atoms with van der Waals surface area (Å²) in [6.07, 6.45) is -3.07. The lowest BCUT2D eigenvalue weighted by molar-refractivity contribution is -0.306. The van der Waals surface area contributed by atoms with Gasteiger partial charge in [0.1, 0.15) is 23.7 Å². The molecular formula is C22H22Cl3NO5S. The number of aryl methyl sites for hydroxylation is 1. The summed E-state index contributed by atoms with van der Waals surface area (Å²) in [5, 5.41) is 13.8. The molecule has 0 spiro atoms. The Morgan fingerprint density at radius 3 is 2.44 bits per heavy atom. The van der Waals surface area contributed by atoms with Crippen LogP contribution in [0.1, 0.15) is 17.4 Å². The Morgan fingerprint density at radius 2 is 1.78 bits per heavy atom. The molecule has 2 aliphatic rings. The maximum Gasteiger partial charge on any atom is 0.272 e. The highest BCUT2D eigenvalue weighted by atomic mass is 35.6. The van der Waals surface area contributed by atoms with E-state index in [9.17, 15) is 9.90 Å². The number of ether oxygens (including phenoxy) is 3. The highest BCUT2D eigenvalue weighted by Crippen LogP contribution is 2.39. The molecular weight excluding hydrogens is 497 g/mol. The predicted molar refractivity (Wildman–Crippen MR) is 124 cm³/mol. The molecule has 172 valence electrons. The Balaban J connectivity index is 1.56. The lowest BCUT2D eigenvalue weighted by atomic mass is 9.96. The van der Waals surface area contributed by atoms with Crippen molar-refractivity contribution in [2.75, 3.05) is 6.61 Å². The van der Waals surface area contributed by atoms with Gasteiger partial charge in [0.15, 0.2) is 6.29 Å². The van der Waals surface area contributed by atoms with Crippen LogP contribution in [0.25, 0.3) is 0 Å². The van der Waals surface area contributed by atoms with Crippen molar-refractivity contribution in [1.29, 1.82) is 0 Å². The Kier molecular flexibility index (Phi) is 7.59. The minimum absolute atomic E-state index is 0.220. The normalized spacial score (nSPS) is 30.4. The van der Waals surface area contributed by atoms with E-state index in [-0.39, 0.29) is 6.61 Å². The van der Waals surface area contributed by atoms with Crippen molar-refractivity contribution in [2.45, 2.75) is 51.7 Å². The van der Waals surface area contributed by atoms with Gasteiger partial charge in [-0.15, -0.1) is 0 Å². The number of hydrogen-bond acceptors (Lipinski definition) is 6. The van der Waals surface area contributed by atoms with Gasteiger partial charge in [0.25, 0.3) is 9.70 Å². The van der Waals surface area contributed by atoms with Crippen molar-refractivity contribution < 1.29 is 24.1 Å². The van der Waals surface area contributed by atoms with Crippen LogP contribution in [0.5, 0.6) is 0 Å². The standard InChI is InChI=1S/C22H22Cl3NO5S/c1-12-7-9-14(10-8-12)32-20-16(26-21(28)22(23,24)25)17(27)18-15(30-20)11-29-19(31-18)13-5-3-2-4-6-13/h2-10,15-20,27H,11H2,1H3,(H,26,28)/t15-,16-,17-,18+,19?,20+/m1/s1. The molecule has 2 aromatic carbocycles. The third-order valence-electron chi connectivity index (χ3n) is 5.27. The van der Waals surface area contributed by atoms with Crippen molar-refractivity contribution >= 4 is 52.5 Å². The first-order valence-corrected chi connectivity index (χ1v) is 12.0. The van der Waals surface area contributed by atoms with Gasteiger partial charge in [0, 0.05) is 10.5 Å². The van der Waals surface area contributed by atoms with Crippen LogP contribution in [0.4, 0.5) is 0 Å². The average molecular weight is 519 g/mol. The topological polar surface area (TPSA) is 77.0 Å². The van der Waals surface area contributed by atoms with Crippen LogP contribution in [0.15, 0.2) is 59.5 Å². The third kappa shape index (κ3) is 5.54. The molecule has 2 aromatic rings. The second-order valence-corrected chi connectivity index (χ2v) is 11.1. The van der Waals surface area contributed by atoms with Crippen molar-refractivity contribution in [3.05, 3.63) is 65.7 Å². The summed E-state index contributed by atoms with van der Waals surface area (Å²) in [5.74, 6) is -0.852. The first kappa shape index (κ1) is 24.1. The van der Waals surface area contributed by atoms with E-state index in [2.05, 4.69) is 5.32 Å². The second kappa shape index (κ2) is 10.1. The molecule has 6 nitrogen and oxygen atoms in total. The number of amides is 1. The monoisotopic (exact) mass is 517 g/mol. The summed E-state index contributed by atoms with van der Waals surface area (Å²) >= 11 is 18.6. The van der Waals surface area contributed by atoms with E-state index >= 15 is 0 Å². The minimum atomic E-state index is -2.18. The first-order valence-electron chi connectivity index (χ1n) is 9.99. The number of nitrogens with one attached hydrogen (secondary N) is 1. The number of hydrogen-bond donors (Lipinski definition) is 2. The number of carbonyl (C=O) groups is 1. The number of aliphatic hydroxyl groups is 1. The van der Waals surface area contributed by atoms with Crippen LogP contribution in [0.2, 0.25) is 0 Å². The van der Waals surface area contributed by atoms with Gasteiger partial charge in [-0.2, -0.15) is 0 Å². The Bertz CT molecular complexity index is 927. The molecule has 10 heteroatoms. The van der Waals surface area contributed by atoms with Gasteiger partial charge >= 0.3 is 0 Å². The summed E-state index contributed by atoms with van der Waals surface area (Å²) in [4.78, 5) is 13.3. The van der Waals surface area contributed by atoms with Gasteiger partial charge in [-0.1, -0.05) is 94.6 Å². The zero-order chi connectivity index (χ0) is 22.9. The van der Waals surface area contributed by atoms with E-state index in [0.29, 0.717) is 0 Å². The van der Waals surface area contributed by atoms with Gasteiger partial charge in [-0.3, -0.25) is 4.79 Å². The molecule has 2 heterocycles. The van der Waals surface area contributed by atoms with Gasteiger partial charge in [-0.05, 0) is 19.1 Å². The smallest absolute Gasteiger partial charge is 0.272 e. The van der Waals surface area contributed by atoms with Crippen LogP contribution < -0.4 is 5.32 Å². The highest BCUT2D eigenvalue weighted by molar-refractivity contribution is 7.99. The molecule has 4 rings (SSSR count). The molecule has 2 saturated heterocycles. The van der Waals surface area contributed by atoms with Crippen molar-refractivity contribution in [3.63, 3.8) is 0 Å². The van der Waals surface area contributed by atoms with Crippen LogP contribution >= 0.6 is 46.6 Å². The average Bonchev–Trinajstić information content (AvgIpc) is 2.77. The molecule has 0 radical (unpaired) electrons. The Labute approximate surface area is 205 Å². The van der Waals surface area contributed by atoms with Crippen molar-refractivity contribution in [3.8, 4) is 0 Å². The Hall–Kier alpha value is -1.03. The van der Waals surface area contributed by atoms with Gasteiger partial charge in [0.2, 0.25) is 0 Å². The SMILES string of the molecule is Cc1ccc(S[C@@H]2O[C@@H]3COC(c4ccccc4)O[C@@H]3[C@H](O)[C@H]2NC(=O)C(Cl)(Cl)Cl)cc1. The summed E-state index contributed by atoms with van der Waals surface area (Å²) in [6, 6.07) is 16.3. The van der Waals surface area contributed by atoms with E-state index in [1.807, 2.05) is 61.5 Å². The Morgan fingerprint density at radius 1 is 1.09 bits per heavy atom. The van der Waals surface area contributed by atoms with E-state index in [0.717, 1.165) is 16.0 Å². The number of thioether (sulfide) groups is 1. The molecule has 1 unspecified atom stereocenters. The number of carbonyl (C=O) groups excluding carboxylic acids is 1. The molecule has 6 atom stereocenters. The molecule has 0 aromatic heterocycles. The minimum Gasteiger partial charge on any atom is -0.388 e. The van der Waals surface area contributed by atoms with E-state index in [1.165, 1.54) is 11.8 Å². The number of aliphatic hydroxyl groups excluding tert-OH is 1. The number of benzene rings is 2. The van der Waals surface area contributed by atoms with Crippen molar-refractivity contribution in [1.82, 2.24) is 5.32 Å². The number of halogens is 3. The summed E-state index contributed by atoms with van der Waals surface area (Å²) < 4.78 is 15.9. The summed E-state index contributed by atoms with van der Waals surface area (Å²) in [7, 11) is 0. The van der Waals surface area contributed by atoms with Gasteiger partial charge in [-0.25, -0.2) is 0 Å². The van der Waals surface area contributed by atoms with Gasteiger partial charge in [0.05, 0.1) is 12.6 Å². The quantitative estimate of drug-likeness (QED) is 0.593. The predicted octanol–water partition coefficient (Wildman–Crippen LogP) is 4.14.